The van der Waals surface area contributed by atoms with Crippen LogP contribution in [0.4, 0.5) is 16.6 Å². The second-order valence-electron chi connectivity index (χ2n) is 7.77. The molecule has 2 fully saturated rings. The van der Waals surface area contributed by atoms with Gasteiger partial charge in [-0.2, -0.15) is 0 Å². The van der Waals surface area contributed by atoms with Gasteiger partial charge in [0.15, 0.2) is 0 Å². The molecule has 1 saturated heterocycles. The molecule has 0 radical (unpaired) electrons. The van der Waals surface area contributed by atoms with Gasteiger partial charge in [0.25, 0.3) is 0 Å². The number of nitrogens with zero attached hydrogens (tertiary/aromatic N) is 7. The maximum atomic E-state index is 12.5. The highest BCUT2D eigenvalue weighted by Gasteiger charge is 2.44. The molecular weight excluding hydrogens is 358 g/mol. The Balaban J connectivity index is 1.23. The number of hydrogen-bond donors (Lipinski definition) is 2. The molecule has 5 rings (SSSR count). The average molecular weight is 381 g/mol. The number of anilines is 2. The number of rotatable bonds is 3. The summed E-state index contributed by atoms with van der Waals surface area (Å²) in [5.41, 5.74) is 0.862. The van der Waals surface area contributed by atoms with Gasteiger partial charge in [-0.1, -0.05) is 0 Å². The Kier molecular flexibility index (Phi) is 3.92. The number of urea groups is 1. The van der Waals surface area contributed by atoms with Gasteiger partial charge in [-0.3, -0.25) is 10.00 Å². The van der Waals surface area contributed by atoms with Gasteiger partial charge in [0, 0.05) is 39.4 Å². The third kappa shape index (κ3) is 2.85. The zero-order chi connectivity index (χ0) is 19.3. The van der Waals surface area contributed by atoms with Gasteiger partial charge < -0.3 is 14.8 Å². The molecule has 1 aliphatic heterocycles. The highest BCUT2D eigenvalue weighted by molar-refractivity contribution is 5.88. The zero-order valence-electron chi connectivity index (χ0n) is 15.9. The highest BCUT2D eigenvalue weighted by Crippen LogP contribution is 2.41. The summed E-state index contributed by atoms with van der Waals surface area (Å²) in [6.07, 6.45) is 7.19. The first-order valence-corrected chi connectivity index (χ1v) is 9.51. The molecule has 10 nitrogen and oxygen atoms in total. The molecule has 2 aliphatic rings. The van der Waals surface area contributed by atoms with Crippen molar-refractivity contribution in [2.75, 3.05) is 30.4 Å². The number of H-pyrrole nitrogens is 1. The molecule has 3 aromatic heterocycles. The van der Waals surface area contributed by atoms with Crippen molar-refractivity contribution in [3.63, 3.8) is 0 Å². The minimum absolute atomic E-state index is 0.115. The Hall–Kier alpha value is -3.17. The SMILES string of the molecule is CN(c1ncnc2[nH]ccc12)[C@@H]1C[C@@H]2CN(C(=O)Nc3ncn(C)n3)C[C@@H]2C1. The van der Waals surface area contributed by atoms with E-state index in [1.54, 1.807) is 24.4 Å². The van der Waals surface area contributed by atoms with Gasteiger partial charge >= 0.3 is 6.03 Å². The van der Waals surface area contributed by atoms with Crippen molar-refractivity contribution in [1.29, 1.82) is 0 Å². The lowest BCUT2D eigenvalue weighted by Gasteiger charge is -2.27. The Labute approximate surface area is 162 Å². The zero-order valence-corrected chi connectivity index (χ0v) is 15.9. The normalized spacial score (nSPS) is 23.9. The number of aryl methyl sites for hydroxylation is 1. The van der Waals surface area contributed by atoms with E-state index in [9.17, 15) is 4.79 Å². The lowest BCUT2D eigenvalue weighted by molar-refractivity contribution is 0.218. The van der Waals surface area contributed by atoms with Crippen molar-refractivity contribution in [2.45, 2.75) is 18.9 Å². The molecule has 1 saturated carbocycles. The predicted molar refractivity (Wildman–Crippen MR) is 104 cm³/mol. The second-order valence-corrected chi connectivity index (χ2v) is 7.77. The van der Waals surface area contributed by atoms with Crippen LogP contribution < -0.4 is 10.2 Å². The third-order valence-electron chi connectivity index (χ3n) is 6.05. The molecule has 3 aromatic rings. The van der Waals surface area contributed by atoms with E-state index in [2.05, 4.69) is 42.3 Å². The topological polar surface area (TPSA) is 108 Å². The standard InChI is InChI=1S/C18H23N9O/c1-25-10-22-17(24-25)23-18(28)27-7-11-5-13(6-12(11)8-27)26(2)16-14-3-4-19-15(14)20-9-21-16/h3-4,9-13H,5-8H2,1-2H3,(H,19,20,21)(H,23,24,28)/t11-,12+,13-. The minimum atomic E-state index is -0.115. The van der Waals surface area contributed by atoms with Crippen molar-refractivity contribution in [3.8, 4) is 0 Å². The predicted octanol–water partition coefficient (Wildman–Crippen LogP) is 1.47. The van der Waals surface area contributed by atoms with E-state index in [1.165, 1.54) is 0 Å². The Bertz CT molecular complexity index is 997. The molecule has 4 heterocycles. The molecule has 10 heteroatoms. The molecule has 3 atom stereocenters. The molecule has 2 amide bonds. The van der Waals surface area contributed by atoms with Crippen molar-refractivity contribution in [3.05, 3.63) is 24.9 Å². The molecule has 28 heavy (non-hydrogen) atoms. The smallest absolute Gasteiger partial charge is 0.324 e. The molecule has 0 aromatic carbocycles. The summed E-state index contributed by atoms with van der Waals surface area (Å²) in [6.45, 7) is 1.55. The number of hydrogen-bond acceptors (Lipinski definition) is 6. The maximum absolute atomic E-state index is 12.5. The number of aromatic amines is 1. The number of fused-ring (bicyclic) bond motifs is 2. The Morgan fingerprint density at radius 2 is 2.04 bits per heavy atom. The van der Waals surface area contributed by atoms with Crippen LogP contribution in [0.5, 0.6) is 0 Å². The van der Waals surface area contributed by atoms with Crippen LogP contribution in [0.3, 0.4) is 0 Å². The van der Waals surface area contributed by atoms with Crippen LogP contribution in [-0.4, -0.2) is 66.8 Å². The summed E-state index contributed by atoms with van der Waals surface area (Å²) in [7, 11) is 3.89. The summed E-state index contributed by atoms with van der Waals surface area (Å²) in [6, 6.07) is 2.33. The van der Waals surface area contributed by atoms with Gasteiger partial charge in [0.05, 0.1) is 5.39 Å². The maximum Gasteiger partial charge on any atom is 0.324 e. The molecule has 0 bridgehead atoms. The van der Waals surface area contributed by atoms with E-state index in [4.69, 9.17) is 0 Å². The molecular formula is C18H23N9O. The van der Waals surface area contributed by atoms with Crippen LogP contribution in [0.2, 0.25) is 0 Å². The van der Waals surface area contributed by atoms with Crippen molar-refractivity contribution < 1.29 is 4.79 Å². The number of carbonyl (C=O) groups is 1. The fourth-order valence-electron chi connectivity index (χ4n) is 4.63. The summed E-state index contributed by atoms with van der Waals surface area (Å²) in [4.78, 5) is 32.7. The Morgan fingerprint density at radius 1 is 1.25 bits per heavy atom. The van der Waals surface area contributed by atoms with E-state index < -0.39 is 0 Å². The lowest BCUT2D eigenvalue weighted by atomic mass is 10.0. The van der Waals surface area contributed by atoms with Crippen LogP contribution >= 0.6 is 0 Å². The average Bonchev–Trinajstić information content (AvgIpc) is 3.43. The largest absolute Gasteiger partial charge is 0.356 e. The lowest BCUT2D eigenvalue weighted by Crippen LogP contribution is -2.36. The van der Waals surface area contributed by atoms with Crippen LogP contribution in [-0.2, 0) is 7.05 Å². The number of aromatic nitrogens is 6. The monoisotopic (exact) mass is 381 g/mol. The summed E-state index contributed by atoms with van der Waals surface area (Å²) in [5, 5.41) is 7.94. The van der Waals surface area contributed by atoms with Crippen molar-refractivity contribution in [1.82, 2.24) is 34.6 Å². The number of likely N-dealkylation sites (tertiary alicyclic amines) is 1. The highest BCUT2D eigenvalue weighted by atomic mass is 16.2. The van der Waals surface area contributed by atoms with Gasteiger partial charge in [-0.25, -0.2) is 19.7 Å². The third-order valence-corrected chi connectivity index (χ3v) is 6.05. The number of amides is 2. The van der Waals surface area contributed by atoms with E-state index in [0.29, 0.717) is 23.8 Å². The summed E-state index contributed by atoms with van der Waals surface area (Å²) in [5.74, 6) is 2.34. The first kappa shape index (κ1) is 17.0. The number of carbonyl (C=O) groups excluding carboxylic acids is 1. The van der Waals surface area contributed by atoms with E-state index in [1.807, 2.05) is 17.2 Å². The minimum Gasteiger partial charge on any atom is -0.356 e. The van der Waals surface area contributed by atoms with Gasteiger partial charge in [0.1, 0.15) is 24.1 Å². The van der Waals surface area contributed by atoms with Crippen LogP contribution in [0.25, 0.3) is 11.0 Å². The fourth-order valence-corrected chi connectivity index (χ4v) is 4.63. The van der Waals surface area contributed by atoms with Crippen LogP contribution in [0, 0.1) is 11.8 Å². The summed E-state index contributed by atoms with van der Waals surface area (Å²) < 4.78 is 1.57. The van der Waals surface area contributed by atoms with Crippen molar-refractivity contribution in [2.24, 2.45) is 18.9 Å². The summed E-state index contributed by atoms with van der Waals surface area (Å²) >= 11 is 0. The fraction of sp³-hybridized carbons (Fsp3) is 0.500. The van der Waals surface area contributed by atoms with Crippen molar-refractivity contribution >= 4 is 28.8 Å². The molecule has 146 valence electrons. The van der Waals surface area contributed by atoms with E-state index >= 15 is 0 Å². The molecule has 0 unspecified atom stereocenters. The first-order chi connectivity index (χ1) is 13.6. The second kappa shape index (κ2) is 6.47. The molecule has 0 spiro atoms. The van der Waals surface area contributed by atoms with Gasteiger partial charge in [0.2, 0.25) is 5.95 Å². The van der Waals surface area contributed by atoms with E-state index in [0.717, 1.165) is 42.8 Å². The molecule has 2 N–H and O–H groups in total. The molecule has 1 aliphatic carbocycles. The Morgan fingerprint density at radius 3 is 2.75 bits per heavy atom. The number of nitrogens with one attached hydrogen (secondary N) is 2. The van der Waals surface area contributed by atoms with Gasteiger partial charge in [-0.05, 0) is 30.7 Å². The van der Waals surface area contributed by atoms with Crippen LogP contribution in [0.1, 0.15) is 12.8 Å². The van der Waals surface area contributed by atoms with Gasteiger partial charge in [-0.15, -0.1) is 5.10 Å². The van der Waals surface area contributed by atoms with Crippen LogP contribution in [0.15, 0.2) is 24.9 Å². The van der Waals surface area contributed by atoms with E-state index in [-0.39, 0.29) is 6.03 Å². The quantitative estimate of drug-likeness (QED) is 0.711. The first-order valence-electron chi connectivity index (χ1n) is 9.51.